The van der Waals surface area contributed by atoms with Crippen LogP contribution < -0.4 is 0 Å². The largest absolute Gasteiger partial charge is 0.335 e. The molecule has 3 nitrogen and oxygen atoms in total. The van der Waals surface area contributed by atoms with Gasteiger partial charge in [0.05, 0.1) is 0 Å². The number of nitrogens with zero attached hydrogens (tertiary/aromatic N) is 2. The van der Waals surface area contributed by atoms with Crippen LogP contribution in [0.5, 0.6) is 0 Å². The van der Waals surface area contributed by atoms with Gasteiger partial charge in [-0.2, -0.15) is 0 Å². The van der Waals surface area contributed by atoms with E-state index in [2.05, 4.69) is 9.88 Å². The minimum Gasteiger partial charge on any atom is -0.335 e. The lowest BCUT2D eigenvalue weighted by Crippen LogP contribution is -2.36. The van der Waals surface area contributed by atoms with Crippen molar-refractivity contribution >= 4 is 5.91 Å². The van der Waals surface area contributed by atoms with Gasteiger partial charge in [0.15, 0.2) is 0 Å². The van der Waals surface area contributed by atoms with Crippen LogP contribution in [-0.4, -0.2) is 28.4 Å². The molecule has 0 bridgehead atoms. The Bertz CT molecular complexity index is 386. The van der Waals surface area contributed by atoms with Crippen molar-refractivity contribution in [3.63, 3.8) is 0 Å². The molecule has 84 valence electrons. The van der Waals surface area contributed by atoms with Gasteiger partial charge in [-0.15, -0.1) is 0 Å². The summed E-state index contributed by atoms with van der Waals surface area (Å²) in [6, 6.07) is 4.13. The fraction of sp³-hybridized carbons (Fsp3) is 0.538. The van der Waals surface area contributed by atoms with Gasteiger partial charge in [-0.25, -0.2) is 0 Å². The smallest absolute Gasteiger partial charge is 0.254 e. The van der Waals surface area contributed by atoms with Crippen LogP contribution in [0.2, 0.25) is 0 Å². The van der Waals surface area contributed by atoms with E-state index >= 15 is 0 Å². The van der Waals surface area contributed by atoms with Gasteiger partial charge in [0.25, 0.3) is 5.91 Å². The summed E-state index contributed by atoms with van der Waals surface area (Å²) < 4.78 is 0. The van der Waals surface area contributed by atoms with Crippen molar-refractivity contribution in [3.8, 4) is 0 Å². The molecule has 0 spiro atoms. The van der Waals surface area contributed by atoms with Crippen LogP contribution in [0.15, 0.2) is 24.5 Å². The average Bonchev–Trinajstić information content (AvgIpc) is 3.07. The highest BCUT2D eigenvalue weighted by atomic mass is 16.2. The van der Waals surface area contributed by atoms with E-state index in [-0.39, 0.29) is 5.91 Å². The molecule has 1 unspecified atom stereocenters. The van der Waals surface area contributed by atoms with Gasteiger partial charge in [-0.3, -0.25) is 9.78 Å². The summed E-state index contributed by atoms with van der Waals surface area (Å²) in [5.41, 5.74) is 0.780. The number of hydrogen-bond acceptors (Lipinski definition) is 2. The first-order valence-corrected chi connectivity index (χ1v) is 6.07. The molecular weight excluding hydrogens is 200 g/mol. The van der Waals surface area contributed by atoms with Gasteiger partial charge in [0.2, 0.25) is 0 Å². The van der Waals surface area contributed by atoms with Gasteiger partial charge in [0, 0.05) is 30.5 Å². The van der Waals surface area contributed by atoms with E-state index in [1.807, 2.05) is 12.1 Å². The number of likely N-dealkylation sites (tertiary alicyclic amines) is 1. The molecule has 3 rings (SSSR count). The number of pyridine rings is 1. The summed E-state index contributed by atoms with van der Waals surface area (Å²) >= 11 is 0. The van der Waals surface area contributed by atoms with E-state index in [0.717, 1.165) is 24.4 Å². The average molecular weight is 216 g/mol. The molecular formula is C13H16N2O. The van der Waals surface area contributed by atoms with Crippen molar-refractivity contribution in [3.05, 3.63) is 30.1 Å². The zero-order chi connectivity index (χ0) is 11.0. The first-order valence-electron chi connectivity index (χ1n) is 6.07. The van der Waals surface area contributed by atoms with Crippen molar-refractivity contribution in [1.82, 2.24) is 9.88 Å². The van der Waals surface area contributed by atoms with Crippen LogP contribution in [0.3, 0.4) is 0 Å². The SMILES string of the molecule is O=C(c1ccncc1)N1CCCC1C1CC1. The minimum atomic E-state index is 0.191. The topological polar surface area (TPSA) is 33.2 Å². The van der Waals surface area contributed by atoms with Crippen LogP contribution >= 0.6 is 0 Å². The predicted octanol–water partition coefficient (Wildman–Crippen LogP) is 2.10. The fourth-order valence-electron chi connectivity index (χ4n) is 2.68. The predicted molar refractivity (Wildman–Crippen MR) is 61.0 cm³/mol. The summed E-state index contributed by atoms with van der Waals surface area (Å²) in [5.74, 6) is 0.977. The Morgan fingerprint density at radius 3 is 2.69 bits per heavy atom. The first kappa shape index (κ1) is 9.82. The zero-order valence-electron chi connectivity index (χ0n) is 9.30. The lowest BCUT2D eigenvalue weighted by atomic mass is 10.1. The van der Waals surface area contributed by atoms with Gasteiger partial charge in [-0.1, -0.05) is 0 Å². The third-order valence-corrected chi connectivity index (χ3v) is 3.65. The van der Waals surface area contributed by atoms with Crippen LogP contribution in [0.4, 0.5) is 0 Å². The van der Waals surface area contributed by atoms with Crippen LogP contribution in [0.25, 0.3) is 0 Å². The molecule has 1 aliphatic heterocycles. The Kier molecular flexibility index (Phi) is 2.39. The van der Waals surface area contributed by atoms with E-state index in [4.69, 9.17) is 0 Å². The molecule has 1 aliphatic carbocycles. The third-order valence-electron chi connectivity index (χ3n) is 3.65. The van der Waals surface area contributed by atoms with Crippen LogP contribution in [-0.2, 0) is 0 Å². The van der Waals surface area contributed by atoms with Crippen molar-refractivity contribution in [2.45, 2.75) is 31.7 Å². The quantitative estimate of drug-likeness (QED) is 0.758. The molecule has 2 aliphatic rings. The second-order valence-electron chi connectivity index (χ2n) is 4.78. The molecule has 1 saturated carbocycles. The van der Waals surface area contributed by atoms with Crippen molar-refractivity contribution in [2.24, 2.45) is 5.92 Å². The van der Waals surface area contributed by atoms with Crippen LogP contribution in [0.1, 0.15) is 36.0 Å². The van der Waals surface area contributed by atoms with E-state index in [1.165, 1.54) is 19.3 Å². The maximum atomic E-state index is 12.3. The summed E-state index contributed by atoms with van der Waals surface area (Å²) in [6.45, 7) is 0.933. The summed E-state index contributed by atoms with van der Waals surface area (Å²) in [7, 11) is 0. The number of rotatable bonds is 2. The van der Waals surface area contributed by atoms with Gasteiger partial charge in [0.1, 0.15) is 0 Å². The lowest BCUT2D eigenvalue weighted by molar-refractivity contribution is 0.0721. The van der Waals surface area contributed by atoms with Crippen molar-refractivity contribution < 1.29 is 4.79 Å². The second-order valence-corrected chi connectivity index (χ2v) is 4.78. The summed E-state index contributed by atoms with van der Waals surface area (Å²) in [4.78, 5) is 18.3. The molecule has 0 N–H and O–H groups in total. The normalized spacial score (nSPS) is 24.8. The molecule has 3 heteroatoms. The Hall–Kier alpha value is -1.38. The Morgan fingerprint density at radius 2 is 2.00 bits per heavy atom. The molecule has 0 radical (unpaired) electrons. The number of carbonyl (C=O) groups excluding carboxylic acids is 1. The second kappa shape index (κ2) is 3.89. The first-order chi connectivity index (χ1) is 7.86. The van der Waals surface area contributed by atoms with E-state index in [9.17, 15) is 4.79 Å². The molecule has 1 atom stereocenters. The van der Waals surface area contributed by atoms with Crippen LogP contribution in [0, 0.1) is 5.92 Å². The highest BCUT2D eigenvalue weighted by molar-refractivity contribution is 5.94. The zero-order valence-corrected chi connectivity index (χ0v) is 9.30. The summed E-state index contributed by atoms with van der Waals surface area (Å²) in [6.07, 6.45) is 8.36. The Balaban J connectivity index is 1.79. The number of carbonyl (C=O) groups is 1. The Morgan fingerprint density at radius 1 is 1.25 bits per heavy atom. The third kappa shape index (κ3) is 1.70. The maximum Gasteiger partial charge on any atom is 0.254 e. The van der Waals surface area contributed by atoms with Crippen molar-refractivity contribution in [1.29, 1.82) is 0 Å². The molecule has 16 heavy (non-hydrogen) atoms. The van der Waals surface area contributed by atoms with Crippen molar-refractivity contribution in [2.75, 3.05) is 6.54 Å². The molecule has 0 aromatic carbocycles. The number of amides is 1. The van der Waals surface area contributed by atoms with Gasteiger partial charge < -0.3 is 4.90 Å². The number of aromatic nitrogens is 1. The maximum absolute atomic E-state index is 12.3. The molecule has 2 fully saturated rings. The molecule has 2 heterocycles. The Labute approximate surface area is 95.5 Å². The van der Waals surface area contributed by atoms with E-state index in [1.54, 1.807) is 12.4 Å². The van der Waals surface area contributed by atoms with Gasteiger partial charge >= 0.3 is 0 Å². The molecule has 1 saturated heterocycles. The van der Waals surface area contributed by atoms with Gasteiger partial charge in [-0.05, 0) is 43.7 Å². The minimum absolute atomic E-state index is 0.191. The van der Waals surface area contributed by atoms with E-state index < -0.39 is 0 Å². The summed E-state index contributed by atoms with van der Waals surface area (Å²) in [5, 5.41) is 0. The molecule has 1 aromatic rings. The lowest BCUT2D eigenvalue weighted by Gasteiger charge is -2.24. The monoisotopic (exact) mass is 216 g/mol. The number of hydrogen-bond donors (Lipinski definition) is 0. The highest BCUT2D eigenvalue weighted by Gasteiger charge is 2.40. The standard InChI is InChI=1S/C13H16N2O/c16-13(11-5-7-14-8-6-11)15-9-1-2-12(15)10-3-4-10/h5-8,10,12H,1-4,9H2. The van der Waals surface area contributed by atoms with E-state index in [0.29, 0.717) is 6.04 Å². The fourth-order valence-corrected chi connectivity index (χ4v) is 2.68. The molecule has 1 aromatic heterocycles. The highest BCUT2D eigenvalue weighted by Crippen LogP contribution is 2.40. The molecule has 1 amide bonds.